The summed E-state index contributed by atoms with van der Waals surface area (Å²) in [6.45, 7) is 1.35. The maximum absolute atomic E-state index is 11.9. The quantitative estimate of drug-likeness (QED) is 0.576. The third-order valence-corrected chi connectivity index (χ3v) is 3.85. The largest absolute Gasteiger partial charge is 0.356 e. The monoisotopic (exact) mass is 342 g/mol. The summed E-state index contributed by atoms with van der Waals surface area (Å²) in [4.78, 5) is 19.5. The van der Waals surface area contributed by atoms with E-state index in [1.165, 1.54) is 0 Å². The van der Waals surface area contributed by atoms with Crippen molar-refractivity contribution in [2.45, 2.75) is 12.8 Å². The number of carbonyl (C=O) groups excluding carboxylic acids is 1. The molecule has 124 valence electrons. The van der Waals surface area contributed by atoms with Gasteiger partial charge in [-0.05, 0) is 36.2 Å². The van der Waals surface area contributed by atoms with E-state index in [1.54, 1.807) is 6.07 Å². The van der Waals surface area contributed by atoms with E-state index in [0.29, 0.717) is 18.0 Å². The van der Waals surface area contributed by atoms with Gasteiger partial charge in [-0.25, -0.2) is 4.98 Å². The van der Waals surface area contributed by atoms with Crippen molar-refractivity contribution in [3.63, 3.8) is 0 Å². The van der Waals surface area contributed by atoms with E-state index in [-0.39, 0.29) is 5.91 Å². The van der Waals surface area contributed by atoms with Gasteiger partial charge in [-0.15, -0.1) is 0 Å². The average Bonchev–Trinajstić information content (AvgIpc) is 2.97. The average molecular weight is 343 g/mol. The van der Waals surface area contributed by atoms with Crippen molar-refractivity contribution in [2.24, 2.45) is 0 Å². The zero-order chi connectivity index (χ0) is 16.8. The normalized spacial score (nSPS) is 10.7. The molecule has 1 aromatic heterocycles. The number of aromatic nitrogens is 2. The van der Waals surface area contributed by atoms with Gasteiger partial charge >= 0.3 is 0 Å². The van der Waals surface area contributed by atoms with Crippen molar-refractivity contribution >= 4 is 34.5 Å². The number of aromatic amines is 1. The van der Waals surface area contributed by atoms with Crippen LogP contribution in [0.5, 0.6) is 0 Å². The molecule has 0 spiro atoms. The number of H-pyrrole nitrogens is 1. The molecule has 24 heavy (non-hydrogen) atoms. The lowest BCUT2D eigenvalue weighted by molar-refractivity contribution is -0.120. The van der Waals surface area contributed by atoms with Gasteiger partial charge in [-0.2, -0.15) is 0 Å². The number of imidazole rings is 1. The number of benzene rings is 2. The first-order valence-electron chi connectivity index (χ1n) is 7.90. The fourth-order valence-corrected chi connectivity index (χ4v) is 2.67. The van der Waals surface area contributed by atoms with Crippen molar-refractivity contribution in [3.05, 3.63) is 59.1 Å². The van der Waals surface area contributed by atoms with Crippen LogP contribution in [-0.4, -0.2) is 29.0 Å². The van der Waals surface area contributed by atoms with Crippen LogP contribution in [0.1, 0.15) is 12.0 Å². The molecule has 0 saturated heterocycles. The van der Waals surface area contributed by atoms with Crippen LogP contribution < -0.4 is 10.6 Å². The van der Waals surface area contributed by atoms with Gasteiger partial charge in [-0.3, -0.25) is 4.79 Å². The Bertz CT molecular complexity index is 798. The lowest BCUT2D eigenvalue weighted by Gasteiger charge is -2.06. The maximum Gasteiger partial charge on any atom is 0.224 e. The maximum atomic E-state index is 11.9. The van der Waals surface area contributed by atoms with E-state index in [9.17, 15) is 4.79 Å². The molecule has 0 aliphatic heterocycles. The Labute approximate surface area is 145 Å². The van der Waals surface area contributed by atoms with Crippen LogP contribution >= 0.6 is 11.6 Å². The smallest absolute Gasteiger partial charge is 0.224 e. The van der Waals surface area contributed by atoms with Crippen molar-refractivity contribution in [2.75, 3.05) is 18.4 Å². The predicted molar refractivity (Wildman–Crippen MR) is 97.4 cm³/mol. The molecule has 0 aliphatic carbocycles. The standard InChI is InChI=1S/C18H19ClN4O/c19-14-6-3-5-13(11-14)12-17(24)20-9-4-10-21-18-22-15-7-1-2-8-16(15)23-18/h1-3,5-8,11H,4,9-10,12H2,(H,20,24)(H2,21,22,23). The van der Waals surface area contributed by atoms with Gasteiger partial charge in [0.25, 0.3) is 0 Å². The number of para-hydroxylation sites is 2. The number of fused-ring (bicyclic) bond motifs is 1. The van der Waals surface area contributed by atoms with Gasteiger partial charge in [-0.1, -0.05) is 35.9 Å². The summed E-state index contributed by atoms with van der Waals surface area (Å²) in [6, 6.07) is 15.2. The second-order valence-electron chi connectivity index (χ2n) is 5.54. The van der Waals surface area contributed by atoms with Crippen LogP contribution in [0.3, 0.4) is 0 Å². The number of halogens is 1. The number of anilines is 1. The first-order chi connectivity index (χ1) is 11.7. The molecule has 0 radical (unpaired) electrons. The van der Waals surface area contributed by atoms with Crippen LogP contribution in [0.2, 0.25) is 5.02 Å². The fraction of sp³-hybridized carbons (Fsp3) is 0.222. The van der Waals surface area contributed by atoms with E-state index in [2.05, 4.69) is 20.6 Å². The zero-order valence-electron chi connectivity index (χ0n) is 13.2. The number of carbonyl (C=O) groups is 1. The molecule has 5 nitrogen and oxygen atoms in total. The molecule has 0 aliphatic rings. The lowest BCUT2D eigenvalue weighted by atomic mass is 10.1. The number of hydrogen-bond acceptors (Lipinski definition) is 3. The third kappa shape index (κ3) is 4.49. The number of rotatable bonds is 7. The molecular formula is C18H19ClN4O. The number of nitrogens with one attached hydrogen (secondary N) is 3. The molecule has 1 amide bonds. The Morgan fingerprint density at radius 1 is 1.12 bits per heavy atom. The fourth-order valence-electron chi connectivity index (χ4n) is 2.45. The van der Waals surface area contributed by atoms with Crippen molar-refractivity contribution < 1.29 is 4.79 Å². The van der Waals surface area contributed by atoms with Crippen LogP contribution in [0.4, 0.5) is 5.95 Å². The summed E-state index contributed by atoms with van der Waals surface area (Å²) in [5.41, 5.74) is 2.87. The number of nitrogens with zero attached hydrogens (tertiary/aromatic N) is 1. The van der Waals surface area contributed by atoms with Crippen LogP contribution in [0, 0.1) is 0 Å². The number of amides is 1. The topological polar surface area (TPSA) is 69.8 Å². The summed E-state index contributed by atoms with van der Waals surface area (Å²) in [5.74, 6) is 0.752. The van der Waals surface area contributed by atoms with Gasteiger partial charge in [0.2, 0.25) is 11.9 Å². The molecule has 0 saturated carbocycles. The summed E-state index contributed by atoms with van der Waals surface area (Å²) in [6.07, 6.45) is 1.16. The Kier molecular flexibility index (Phi) is 5.33. The second kappa shape index (κ2) is 7.84. The molecule has 1 heterocycles. The summed E-state index contributed by atoms with van der Waals surface area (Å²) < 4.78 is 0. The highest BCUT2D eigenvalue weighted by Gasteiger charge is 2.04. The second-order valence-corrected chi connectivity index (χ2v) is 5.98. The van der Waals surface area contributed by atoms with E-state index in [1.807, 2.05) is 42.5 Å². The van der Waals surface area contributed by atoms with Gasteiger partial charge in [0, 0.05) is 18.1 Å². The highest BCUT2D eigenvalue weighted by molar-refractivity contribution is 6.30. The predicted octanol–water partition coefficient (Wildman–Crippen LogP) is 3.38. The van der Waals surface area contributed by atoms with Gasteiger partial charge in [0.05, 0.1) is 17.5 Å². The molecule has 3 aromatic rings. The molecule has 6 heteroatoms. The molecule has 0 unspecified atom stereocenters. The minimum atomic E-state index is 0.000929. The van der Waals surface area contributed by atoms with Crippen molar-refractivity contribution in [3.8, 4) is 0 Å². The van der Waals surface area contributed by atoms with Crippen LogP contribution in [0.15, 0.2) is 48.5 Å². The summed E-state index contributed by atoms with van der Waals surface area (Å²) >= 11 is 5.91. The highest BCUT2D eigenvalue weighted by Crippen LogP contribution is 2.13. The Morgan fingerprint density at radius 3 is 2.83 bits per heavy atom. The first kappa shape index (κ1) is 16.3. The van der Waals surface area contributed by atoms with Crippen molar-refractivity contribution in [1.29, 1.82) is 0 Å². The summed E-state index contributed by atoms with van der Waals surface area (Å²) in [7, 11) is 0. The minimum Gasteiger partial charge on any atom is -0.356 e. The van der Waals surface area contributed by atoms with Crippen molar-refractivity contribution in [1.82, 2.24) is 15.3 Å². The first-order valence-corrected chi connectivity index (χ1v) is 8.28. The van der Waals surface area contributed by atoms with E-state index in [0.717, 1.165) is 35.5 Å². The van der Waals surface area contributed by atoms with Crippen LogP contribution in [0.25, 0.3) is 11.0 Å². The molecule has 0 atom stereocenters. The number of hydrogen-bond donors (Lipinski definition) is 3. The Hall–Kier alpha value is -2.53. The summed E-state index contributed by atoms with van der Waals surface area (Å²) in [5, 5.41) is 6.79. The molecule has 3 rings (SSSR count). The SMILES string of the molecule is O=C(Cc1cccc(Cl)c1)NCCCNc1nc2ccccc2[nH]1. The third-order valence-electron chi connectivity index (χ3n) is 3.61. The molecule has 0 fully saturated rings. The zero-order valence-corrected chi connectivity index (χ0v) is 13.9. The van der Waals surface area contributed by atoms with E-state index < -0.39 is 0 Å². The molecular weight excluding hydrogens is 324 g/mol. The van der Waals surface area contributed by atoms with Gasteiger partial charge < -0.3 is 15.6 Å². The van der Waals surface area contributed by atoms with E-state index in [4.69, 9.17) is 11.6 Å². The van der Waals surface area contributed by atoms with Gasteiger partial charge in [0.15, 0.2) is 0 Å². The molecule has 0 bridgehead atoms. The lowest BCUT2D eigenvalue weighted by Crippen LogP contribution is -2.27. The Morgan fingerprint density at radius 2 is 2.00 bits per heavy atom. The van der Waals surface area contributed by atoms with E-state index >= 15 is 0 Å². The molecule has 3 N–H and O–H groups in total. The van der Waals surface area contributed by atoms with Crippen LogP contribution in [-0.2, 0) is 11.2 Å². The Balaban J connectivity index is 1.37. The highest BCUT2D eigenvalue weighted by atomic mass is 35.5. The molecule has 2 aromatic carbocycles. The van der Waals surface area contributed by atoms with Gasteiger partial charge in [0.1, 0.15) is 0 Å². The minimum absolute atomic E-state index is 0.000929.